The monoisotopic (exact) mass is 275 g/mol. The standard InChI is InChI=1S/C14H17N3O3/c1-10-3-2-4-12(9-10)15-16-14(18)11-5-7-13(8-6-11)17(19)20/h5-8,10H,2-4,9H2,1H3,(H,16,18)/b15-12+/t10-/m1/s1. The van der Waals surface area contributed by atoms with Crippen LogP contribution in [0.15, 0.2) is 29.4 Å². The first-order valence-electron chi connectivity index (χ1n) is 6.66. The summed E-state index contributed by atoms with van der Waals surface area (Å²) in [7, 11) is 0. The Hall–Kier alpha value is -2.24. The van der Waals surface area contributed by atoms with Gasteiger partial charge in [0.2, 0.25) is 0 Å². The number of non-ortho nitro benzene ring substituents is 1. The summed E-state index contributed by atoms with van der Waals surface area (Å²) in [4.78, 5) is 21.9. The Balaban J connectivity index is 1.97. The maximum Gasteiger partial charge on any atom is 0.271 e. The van der Waals surface area contributed by atoms with E-state index in [2.05, 4.69) is 17.5 Å². The summed E-state index contributed by atoms with van der Waals surface area (Å²) in [6.07, 6.45) is 4.15. The number of amides is 1. The number of hydrogen-bond donors (Lipinski definition) is 1. The molecule has 1 N–H and O–H groups in total. The van der Waals surface area contributed by atoms with Crippen molar-refractivity contribution in [3.8, 4) is 0 Å². The van der Waals surface area contributed by atoms with E-state index in [0.717, 1.165) is 25.0 Å². The number of nitrogens with zero attached hydrogens (tertiary/aromatic N) is 2. The predicted octanol–water partition coefficient (Wildman–Crippen LogP) is 2.89. The van der Waals surface area contributed by atoms with Crippen molar-refractivity contribution in [3.05, 3.63) is 39.9 Å². The van der Waals surface area contributed by atoms with E-state index in [1.165, 1.54) is 30.7 Å². The molecule has 0 aromatic heterocycles. The third-order valence-electron chi connectivity index (χ3n) is 3.40. The van der Waals surface area contributed by atoms with Crippen LogP contribution in [-0.4, -0.2) is 16.5 Å². The lowest BCUT2D eigenvalue weighted by atomic mass is 9.89. The first kappa shape index (κ1) is 14.2. The molecule has 0 spiro atoms. The summed E-state index contributed by atoms with van der Waals surface area (Å²) >= 11 is 0. The van der Waals surface area contributed by atoms with Crippen LogP contribution >= 0.6 is 0 Å². The Morgan fingerprint density at radius 2 is 2.10 bits per heavy atom. The second-order valence-corrected chi connectivity index (χ2v) is 5.12. The predicted molar refractivity (Wildman–Crippen MR) is 75.6 cm³/mol. The number of benzene rings is 1. The Morgan fingerprint density at radius 1 is 1.40 bits per heavy atom. The van der Waals surface area contributed by atoms with Crippen LogP contribution in [-0.2, 0) is 0 Å². The van der Waals surface area contributed by atoms with Crippen LogP contribution in [0.5, 0.6) is 0 Å². The molecule has 1 aromatic carbocycles. The highest BCUT2D eigenvalue weighted by Crippen LogP contribution is 2.21. The van der Waals surface area contributed by atoms with Crippen molar-refractivity contribution in [2.75, 3.05) is 0 Å². The van der Waals surface area contributed by atoms with Crippen LogP contribution in [0.4, 0.5) is 5.69 Å². The third-order valence-corrected chi connectivity index (χ3v) is 3.40. The molecule has 0 saturated heterocycles. The summed E-state index contributed by atoms with van der Waals surface area (Å²) in [5.74, 6) is 0.268. The van der Waals surface area contributed by atoms with Gasteiger partial charge in [0, 0.05) is 23.4 Å². The second kappa shape index (κ2) is 6.27. The molecule has 0 aliphatic heterocycles. The Bertz CT molecular complexity index is 537. The van der Waals surface area contributed by atoms with Gasteiger partial charge in [-0.25, -0.2) is 5.43 Å². The number of hydrogen-bond acceptors (Lipinski definition) is 4. The quantitative estimate of drug-likeness (QED) is 0.680. The molecule has 20 heavy (non-hydrogen) atoms. The number of nitro groups is 1. The number of nitrogens with one attached hydrogen (secondary N) is 1. The van der Waals surface area contributed by atoms with Gasteiger partial charge in [-0.05, 0) is 43.7 Å². The van der Waals surface area contributed by atoms with Crippen molar-refractivity contribution in [1.29, 1.82) is 0 Å². The van der Waals surface area contributed by atoms with Crippen LogP contribution in [0.1, 0.15) is 43.0 Å². The molecule has 0 heterocycles. The van der Waals surface area contributed by atoms with Crippen LogP contribution in [0.25, 0.3) is 0 Å². The average molecular weight is 275 g/mol. The van der Waals surface area contributed by atoms with E-state index in [1.807, 2.05) is 0 Å². The fourth-order valence-corrected chi connectivity index (χ4v) is 2.29. The summed E-state index contributed by atoms with van der Waals surface area (Å²) in [5.41, 5.74) is 3.86. The largest absolute Gasteiger partial charge is 0.271 e. The Labute approximate surface area is 117 Å². The molecular weight excluding hydrogens is 258 g/mol. The Morgan fingerprint density at radius 3 is 2.70 bits per heavy atom. The summed E-state index contributed by atoms with van der Waals surface area (Å²) < 4.78 is 0. The number of hydrazone groups is 1. The topological polar surface area (TPSA) is 84.6 Å². The minimum atomic E-state index is -0.495. The molecule has 106 valence electrons. The SMILES string of the molecule is C[C@@H]1CCC/C(=N\NC(=O)c2ccc([N+](=O)[O-])cc2)C1. The normalized spacial score (nSPS) is 20.6. The van der Waals surface area contributed by atoms with E-state index in [4.69, 9.17) is 0 Å². The highest BCUT2D eigenvalue weighted by molar-refractivity contribution is 5.95. The maximum atomic E-state index is 11.9. The molecule has 0 unspecified atom stereocenters. The lowest BCUT2D eigenvalue weighted by Crippen LogP contribution is -2.22. The number of rotatable bonds is 3. The zero-order valence-corrected chi connectivity index (χ0v) is 11.3. The van der Waals surface area contributed by atoms with Crippen molar-refractivity contribution in [1.82, 2.24) is 5.43 Å². The van der Waals surface area contributed by atoms with E-state index in [1.54, 1.807) is 0 Å². The molecule has 2 rings (SSSR count). The van der Waals surface area contributed by atoms with E-state index < -0.39 is 4.92 Å². The zero-order chi connectivity index (χ0) is 14.5. The zero-order valence-electron chi connectivity index (χ0n) is 11.3. The molecule has 1 aromatic rings. The lowest BCUT2D eigenvalue weighted by Gasteiger charge is -2.18. The van der Waals surface area contributed by atoms with E-state index in [9.17, 15) is 14.9 Å². The van der Waals surface area contributed by atoms with Crippen molar-refractivity contribution in [2.24, 2.45) is 11.0 Å². The van der Waals surface area contributed by atoms with Crippen LogP contribution < -0.4 is 5.43 Å². The van der Waals surface area contributed by atoms with Gasteiger partial charge in [-0.1, -0.05) is 6.92 Å². The van der Waals surface area contributed by atoms with Gasteiger partial charge in [0.1, 0.15) is 0 Å². The van der Waals surface area contributed by atoms with Gasteiger partial charge in [0.15, 0.2) is 0 Å². The molecule has 1 amide bonds. The molecule has 1 fully saturated rings. The summed E-state index contributed by atoms with van der Waals surface area (Å²) in [5, 5.41) is 14.7. The van der Waals surface area contributed by atoms with Gasteiger partial charge in [-0.2, -0.15) is 5.10 Å². The van der Waals surface area contributed by atoms with Gasteiger partial charge in [-0.3, -0.25) is 14.9 Å². The van der Waals surface area contributed by atoms with Gasteiger partial charge in [0.25, 0.3) is 11.6 Å². The van der Waals surface area contributed by atoms with Crippen molar-refractivity contribution in [3.63, 3.8) is 0 Å². The van der Waals surface area contributed by atoms with Crippen molar-refractivity contribution < 1.29 is 9.72 Å². The van der Waals surface area contributed by atoms with E-state index >= 15 is 0 Å². The molecule has 6 heteroatoms. The fraction of sp³-hybridized carbons (Fsp3) is 0.429. The van der Waals surface area contributed by atoms with Gasteiger partial charge in [0.05, 0.1) is 4.92 Å². The first-order chi connectivity index (χ1) is 9.56. The van der Waals surface area contributed by atoms with Crippen LogP contribution in [0.2, 0.25) is 0 Å². The van der Waals surface area contributed by atoms with Gasteiger partial charge < -0.3 is 0 Å². The smallest absolute Gasteiger partial charge is 0.267 e. The highest BCUT2D eigenvalue weighted by Gasteiger charge is 2.14. The lowest BCUT2D eigenvalue weighted by molar-refractivity contribution is -0.384. The average Bonchev–Trinajstić information content (AvgIpc) is 2.45. The highest BCUT2D eigenvalue weighted by atomic mass is 16.6. The number of carbonyl (C=O) groups excluding carboxylic acids is 1. The Kier molecular flexibility index (Phi) is 4.45. The molecule has 1 atom stereocenters. The molecule has 1 saturated carbocycles. The van der Waals surface area contributed by atoms with E-state index in [-0.39, 0.29) is 11.6 Å². The minimum absolute atomic E-state index is 0.0334. The van der Waals surface area contributed by atoms with Crippen LogP contribution in [0, 0.1) is 16.0 Å². The third kappa shape index (κ3) is 3.63. The summed E-state index contributed by atoms with van der Waals surface area (Å²) in [6, 6.07) is 5.48. The molecule has 0 bridgehead atoms. The minimum Gasteiger partial charge on any atom is -0.267 e. The van der Waals surface area contributed by atoms with Crippen molar-refractivity contribution >= 4 is 17.3 Å². The van der Waals surface area contributed by atoms with Crippen LogP contribution in [0.3, 0.4) is 0 Å². The molecule has 1 aliphatic carbocycles. The molecule has 0 radical (unpaired) electrons. The van der Waals surface area contributed by atoms with Gasteiger partial charge in [-0.15, -0.1) is 0 Å². The number of carbonyl (C=O) groups is 1. The number of nitro benzene ring substituents is 1. The maximum absolute atomic E-state index is 11.9. The van der Waals surface area contributed by atoms with Gasteiger partial charge >= 0.3 is 0 Å². The molecular formula is C14H17N3O3. The molecule has 6 nitrogen and oxygen atoms in total. The second-order valence-electron chi connectivity index (χ2n) is 5.12. The van der Waals surface area contributed by atoms with Crippen molar-refractivity contribution in [2.45, 2.75) is 32.6 Å². The first-order valence-corrected chi connectivity index (χ1v) is 6.66. The molecule has 1 aliphatic rings. The summed E-state index contributed by atoms with van der Waals surface area (Å²) in [6.45, 7) is 2.17. The van der Waals surface area contributed by atoms with E-state index in [0.29, 0.717) is 11.5 Å². The fourth-order valence-electron chi connectivity index (χ4n) is 2.29.